The van der Waals surface area contributed by atoms with Crippen LogP contribution in [-0.2, 0) is 0 Å². The van der Waals surface area contributed by atoms with E-state index in [1.54, 1.807) is 12.3 Å². The number of carbonyl (C=O) groups is 1. The van der Waals surface area contributed by atoms with E-state index in [1.165, 1.54) is 6.20 Å². The van der Waals surface area contributed by atoms with Crippen LogP contribution in [0.5, 0.6) is 0 Å². The van der Waals surface area contributed by atoms with Gasteiger partial charge in [-0.05, 0) is 17.9 Å². The molecule has 1 heterocycles. The summed E-state index contributed by atoms with van der Waals surface area (Å²) in [6.45, 7) is 6.96. The Morgan fingerprint density at radius 2 is 2.24 bits per heavy atom. The van der Waals surface area contributed by atoms with Gasteiger partial charge in [0.2, 0.25) is 0 Å². The molecule has 0 saturated carbocycles. The van der Waals surface area contributed by atoms with Crippen LogP contribution in [0.3, 0.4) is 0 Å². The zero-order valence-corrected chi connectivity index (χ0v) is 10.6. The van der Waals surface area contributed by atoms with Crippen molar-refractivity contribution in [3.8, 4) is 0 Å². The fourth-order valence-corrected chi connectivity index (χ4v) is 1.25. The molecule has 1 amide bonds. The summed E-state index contributed by atoms with van der Waals surface area (Å²) < 4.78 is 0. The molecule has 5 nitrogen and oxygen atoms in total. The van der Waals surface area contributed by atoms with Gasteiger partial charge in [0.05, 0.1) is 17.4 Å². The van der Waals surface area contributed by atoms with Gasteiger partial charge in [-0.15, -0.1) is 0 Å². The Hall–Kier alpha value is -1.62. The van der Waals surface area contributed by atoms with Crippen molar-refractivity contribution in [2.24, 2.45) is 11.3 Å². The first kappa shape index (κ1) is 13.4. The molecule has 0 unspecified atom stereocenters. The summed E-state index contributed by atoms with van der Waals surface area (Å²) in [6, 6.07) is 1.64. The van der Waals surface area contributed by atoms with Crippen molar-refractivity contribution in [2.45, 2.75) is 27.2 Å². The second-order valence-electron chi connectivity index (χ2n) is 4.77. The average molecular weight is 236 g/mol. The van der Waals surface area contributed by atoms with Gasteiger partial charge in [0, 0.05) is 12.7 Å². The Labute approximate surface area is 102 Å². The first-order valence-corrected chi connectivity index (χ1v) is 5.69. The predicted octanol–water partition coefficient (Wildman–Crippen LogP) is 1.53. The van der Waals surface area contributed by atoms with Gasteiger partial charge in [-0.2, -0.15) is 0 Å². The van der Waals surface area contributed by atoms with Gasteiger partial charge in [-0.25, -0.2) is 0 Å². The van der Waals surface area contributed by atoms with E-state index < -0.39 is 0 Å². The van der Waals surface area contributed by atoms with Gasteiger partial charge in [0.1, 0.15) is 0 Å². The zero-order chi connectivity index (χ0) is 12.9. The molecule has 0 aromatic carbocycles. The molecule has 0 spiro atoms. The van der Waals surface area contributed by atoms with Gasteiger partial charge in [-0.1, -0.05) is 20.8 Å². The molecule has 1 rings (SSSR count). The number of anilines is 1. The molecule has 0 aliphatic rings. The maximum absolute atomic E-state index is 12.0. The fraction of sp³-hybridized carbons (Fsp3) is 0.500. The predicted molar refractivity (Wildman–Crippen MR) is 68.5 cm³/mol. The fourth-order valence-electron chi connectivity index (χ4n) is 1.25. The summed E-state index contributed by atoms with van der Waals surface area (Å²) in [6.07, 6.45) is 4.10. The molecule has 17 heavy (non-hydrogen) atoms. The minimum absolute atomic E-state index is 0.0962. The van der Waals surface area contributed by atoms with Crippen molar-refractivity contribution in [2.75, 3.05) is 12.0 Å². The highest BCUT2D eigenvalue weighted by Gasteiger charge is 2.17. The van der Waals surface area contributed by atoms with Gasteiger partial charge in [0.15, 0.2) is 0 Å². The van der Waals surface area contributed by atoms with E-state index in [9.17, 15) is 4.79 Å². The largest absolute Gasteiger partial charge is 0.351 e. The normalized spacial score (nSPS) is 11.1. The third-order valence-electron chi connectivity index (χ3n) is 2.91. The number of nitrogens with one attached hydrogen (secondary N) is 2. The van der Waals surface area contributed by atoms with Crippen molar-refractivity contribution in [3.05, 3.63) is 24.0 Å². The molecule has 0 aliphatic heterocycles. The van der Waals surface area contributed by atoms with E-state index in [1.807, 2.05) is 0 Å². The van der Waals surface area contributed by atoms with E-state index in [4.69, 9.17) is 5.84 Å². The number of hydrogen-bond donors (Lipinski definition) is 3. The molecule has 94 valence electrons. The lowest BCUT2D eigenvalue weighted by Crippen LogP contribution is -2.34. The molecule has 0 aliphatic carbocycles. The molecule has 1 aromatic heterocycles. The smallest absolute Gasteiger partial charge is 0.253 e. The Kier molecular flexibility index (Phi) is 4.45. The summed E-state index contributed by atoms with van der Waals surface area (Å²) in [5, 5.41) is 2.90. The maximum Gasteiger partial charge on any atom is 0.253 e. The molecular formula is C12H20N4O. The van der Waals surface area contributed by atoms with Crippen LogP contribution >= 0.6 is 0 Å². The number of amides is 1. The number of carbonyl (C=O) groups excluding carboxylic acids is 1. The Balaban J connectivity index is 2.70. The highest BCUT2D eigenvalue weighted by molar-refractivity contribution is 5.99. The number of nitrogens with two attached hydrogens (primary N) is 1. The van der Waals surface area contributed by atoms with Crippen LogP contribution in [0.1, 0.15) is 37.6 Å². The van der Waals surface area contributed by atoms with Crippen molar-refractivity contribution < 1.29 is 4.79 Å². The number of nitrogens with zero attached hydrogens (tertiary/aromatic N) is 1. The summed E-state index contributed by atoms with van der Waals surface area (Å²) >= 11 is 0. The highest BCUT2D eigenvalue weighted by Crippen LogP contribution is 2.18. The monoisotopic (exact) mass is 236 g/mol. The Morgan fingerprint density at radius 3 is 2.82 bits per heavy atom. The van der Waals surface area contributed by atoms with Crippen molar-refractivity contribution in [1.82, 2.24) is 10.3 Å². The van der Waals surface area contributed by atoms with Crippen molar-refractivity contribution >= 4 is 11.6 Å². The Morgan fingerprint density at radius 1 is 1.53 bits per heavy atom. The topological polar surface area (TPSA) is 80.0 Å². The first-order valence-electron chi connectivity index (χ1n) is 5.69. The SMILES string of the molecule is CCC(C)(C)CNC(=O)c1ccncc1NN. The molecular weight excluding hydrogens is 216 g/mol. The Bertz CT molecular complexity index is 390. The molecule has 4 N–H and O–H groups in total. The third kappa shape index (κ3) is 3.71. The molecule has 0 saturated heterocycles. The number of pyridine rings is 1. The van der Waals surface area contributed by atoms with Gasteiger partial charge < -0.3 is 10.7 Å². The van der Waals surface area contributed by atoms with Gasteiger partial charge >= 0.3 is 0 Å². The summed E-state index contributed by atoms with van der Waals surface area (Å²) in [7, 11) is 0. The number of rotatable bonds is 5. The van der Waals surface area contributed by atoms with Crippen LogP contribution in [0.4, 0.5) is 5.69 Å². The van der Waals surface area contributed by atoms with E-state index in [0.717, 1.165) is 6.42 Å². The van der Waals surface area contributed by atoms with Crippen molar-refractivity contribution in [1.29, 1.82) is 0 Å². The summed E-state index contributed by atoms with van der Waals surface area (Å²) in [4.78, 5) is 15.9. The van der Waals surface area contributed by atoms with E-state index in [2.05, 4.69) is 36.5 Å². The van der Waals surface area contributed by atoms with Crippen molar-refractivity contribution in [3.63, 3.8) is 0 Å². The molecule has 0 fully saturated rings. The van der Waals surface area contributed by atoms with Crippen LogP contribution in [0.25, 0.3) is 0 Å². The second kappa shape index (κ2) is 5.63. The average Bonchev–Trinajstić information content (AvgIpc) is 2.36. The van der Waals surface area contributed by atoms with Crippen LogP contribution < -0.4 is 16.6 Å². The summed E-state index contributed by atoms with van der Waals surface area (Å²) in [5.41, 5.74) is 3.60. The van der Waals surface area contributed by atoms with E-state index in [0.29, 0.717) is 17.8 Å². The van der Waals surface area contributed by atoms with Crippen LogP contribution in [0.15, 0.2) is 18.5 Å². The molecule has 1 aromatic rings. The molecule has 0 atom stereocenters. The minimum Gasteiger partial charge on any atom is -0.351 e. The lowest BCUT2D eigenvalue weighted by molar-refractivity contribution is 0.0936. The summed E-state index contributed by atoms with van der Waals surface area (Å²) in [5.74, 6) is 5.19. The number of aromatic nitrogens is 1. The standard InChI is InChI=1S/C12H20N4O/c1-4-12(2,3)8-15-11(17)9-5-6-14-7-10(9)16-13/h5-7,16H,4,8,13H2,1-3H3,(H,15,17). The number of hydrazine groups is 1. The van der Waals surface area contributed by atoms with E-state index >= 15 is 0 Å². The lowest BCUT2D eigenvalue weighted by atomic mass is 9.90. The van der Waals surface area contributed by atoms with E-state index in [-0.39, 0.29) is 11.3 Å². The minimum atomic E-state index is -0.137. The first-order chi connectivity index (χ1) is 8.00. The maximum atomic E-state index is 12.0. The molecule has 0 radical (unpaired) electrons. The third-order valence-corrected chi connectivity index (χ3v) is 2.91. The van der Waals surface area contributed by atoms with Crippen LogP contribution in [0.2, 0.25) is 0 Å². The number of hydrogen-bond acceptors (Lipinski definition) is 4. The van der Waals surface area contributed by atoms with Gasteiger partial charge in [0.25, 0.3) is 5.91 Å². The van der Waals surface area contributed by atoms with Crippen LogP contribution in [0, 0.1) is 5.41 Å². The lowest BCUT2D eigenvalue weighted by Gasteiger charge is -2.23. The highest BCUT2D eigenvalue weighted by atomic mass is 16.1. The quantitative estimate of drug-likeness (QED) is 0.535. The molecule has 0 bridgehead atoms. The zero-order valence-electron chi connectivity index (χ0n) is 10.6. The number of nitrogen functional groups attached to an aromatic ring is 1. The second-order valence-corrected chi connectivity index (χ2v) is 4.77. The molecule has 5 heteroatoms. The van der Waals surface area contributed by atoms with Crippen LogP contribution in [-0.4, -0.2) is 17.4 Å². The van der Waals surface area contributed by atoms with Gasteiger partial charge in [-0.3, -0.25) is 15.6 Å².